The fraction of sp³-hybridized carbons (Fsp3) is 0.188. The molecule has 0 amide bonds. The minimum Gasteiger partial charge on any atom is -0.438 e. The first-order valence-electron chi connectivity index (χ1n) is 6.99. The maximum atomic E-state index is 11.5. The molecular weight excluding hydrogens is 332 g/mol. The van der Waals surface area contributed by atoms with E-state index in [0.717, 1.165) is 21.9 Å². The van der Waals surface area contributed by atoms with E-state index in [1.54, 1.807) is 23.6 Å². The molecule has 2 heterocycles. The number of para-hydroxylation sites is 1. The van der Waals surface area contributed by atoms with Crippen LogP contribution in [0.3, 0.4) is 0 Å². The summed E-state index contributed by atoms with van der Waals surface area (Å²) in [7, 11) is -3.09. The lowest BCUT2D eigenvalue weighted by Gasteiger charge is -2.09. The standard InChI is InChI=1S/C16H16N2O3S2/c1-23(19,20)11-12-5-2-3-6-13(12)17-10-16-18-9-14(21-16)15-7-4-8-22-15/h2-9,17H,10-11H2,1H3. The highest BCUT2D eigenvalue weighted by molar-refractivity contribution is 7.89. The van der Waals surface area contributed by atoms with Gasteiger partial charge in [-0.2, -0.15) is 0 Å². The highest BCUT2D eigenvalue weighted by Gasteiger charge is 2.11. The molecule has 1 N–H and O–H groups in total. The second kappa shape index (κ2) is 6.55. The van der Waals surface area contributed by atoms with Crippen LogP contribution in [0, 0.1) is 0 Å². The van der Waals surface area contributed by atoms with Crippen molar-refractivity contribution in [2.45, 2.75) is 12.3 Å². The molecule has 0 atom stereocenters. The van der Waals surface area contributed by atoms with Gasteiger partial charge < -0.3 is 9.73 Å². The summed E-state index contributed by atoms with van der Waals surface area (Å²) in [6, 6.07) is 11.3. The first kappa shape index (κ1) is 15.8. The van der Waals surface area contributed by atoms with Crippen LogP contribution in [0.4, 0.5) is 5.69 Å². The molecule has 0 fully saturated rings. The van der Waals surface area contributed by atoms with Gasteiger partial charge in [0.15, 0.2) is 15.6 Å². The lowest BCUT2D eigenvalue weighted by atomic mass is 10.2. The SMILES string of the molecule is CS(=O)(=O)Cc1ccccc1NCc1ncc(-c2cccs2)o1. The van der Waals surface area contributed by atoms with E-state index in [2.05, 4.69) is 10.3 Å². The van der Waals surface area contributed by atoms with Crippen molar-refractivity contribution in [2.75, 3.05) is 11.6 Å². The number of nitrogens with one attached hydrogen (secondary N) is 1. The van der Waals surface area contributed by atoms with Gasteiger partial charge in [-0.05, 0) is 23.1 Å². The van der Waals surface area contributed by atoms with Crippen molar-refractivity contribution in [1.29, 1.82) is 0 Å². The number of thiophene rings is 1. The van der Waals surface area contributed by atoms with Crippen molar-refractivity contribution >= 4 is 26.9 Å². The number of rotatable bonds is 6. The van der Waals surface area contributed by atoms with Crippen molar-refractivity contribution in [1.82, 2.24) is 4.98 Å². The summed E-state index contributed by atoms with van der Waals surface area (Å²) < 4.78 is 28.7. The molecule has 120 valence electrons. The Labute approximate surface area is 138 Å². The van der Waals surface area contributed by atoms with Gasteiger partial charge in [-0.25, -0.2) is 13.4 Å². The molecular formula is C16H16N2O3S2. The van der Waals surface area contributed by atoms with Crippen LogP contribution < -0.4 is 5.32 Å². The Bertz CT molecular complexity index is 884. The van der Waals surface area contributed by atoms with Crippen molar-refractivity contribution in [3.63, 3.8) is 0 Å². The van der Waals surface area contributed by atoms with Crippen molar-refractivity contribution in [3.05, 3.63) is 59.4 Å². The third-order valence-corrected chi connectivity index (χ3v) is 4.90. The number of hydrogen-bond acceptors (Lipinski definition) is 6. The zero-order valence-corrected chi connectivity index (χ0v) is 14.2. The Morgan fingerprint density at radius 2 is 2.04 bits per heavy atom. The van der Waals surface area contributed by atoms with Gasteiger partial charge in [0.25, 0.3) is 0 Å². The fourth-order valence-corrected chi connectivity index (χ4v) is 3.68. The summed E-state index contributed by atoms with van der Waals surface area (Å²) in [5.41, 5.74) is 1.51. The van der Waals surface area contributed by atoms with Crippen LogP contribution in [0.15, 0.2) is 52.4 Å². The minimum absolute atomic E-state index is 0.00218. The van der Waals surface area contributed by atoms with Crippen LogP contribution in [-0.2, 0) is 22.1 Å². The summed E-state index contributed by atoms with van der Waals surface area (Å²) in [5, 5.41) is 5.18. The second-order valence-electron chi connectivity index (χ2n) is 5.18. The monoisotopic (exact) mass is 348 g/mol. The molecule has 5 nitrogen and oxygen atoms in total. The summed E-state index contributed by atoms with van der Waals surface area (Å²) in [6.07, 6.45) is 2.93. The van der Waals surface area contributed by atoms with Crippen molar-refractivity contribution in [3.8, 4) is 10.6 Å². The normalized spacial score (nSPS) is 11.5. The van der Waals surface area contributed by atoms with Gasteiger partial charge in [0.1, 0.15) is 0 Å². The molecule has 0 aliphatic heterocycles. The quantitative estimate of drug-likeness (QED) is 0.737. The molecule has 0 unspecified atom stereocenters. The second-order valence-corrected chi connectivity index (χ2v) is 8.26. The molecule has 3 aromatic rings. The van der Waals surface area contributed by atoms with Crippen LogP contribution in [0.25, 0.3) is 10.6 Å². The predicted molar refractivity (Wildman–Crippen MR) is 92.1 cm³/mol. The Kier molecular flexibility index (Phi) is 4.49. The van der Waals surface area contributed by atoms with E-state index >= 15 is 0 Å². The first-order valence-corrected chi connectivity index (χ1v) is 9.93. The molecule has 7 heteroatoms. The molecule has 0 saturated carbocycles. The van der Waals surface area contributed by atoms with Crippen molar-refractivity contribution < 1.29 is 12.8 Å². The van der Waals surface area contributed by atoms with Gasteiger partial charge in [0.05, 0.1) is 23.4 Å². The zero-order chi connectivity index (χ0) is 16.3. The highest BCUT2D eigenvalue weighted by atomic mass is 32.2. The van der Waals surface area contributed by atoms with E-state index in [4.69, 9.17) is 4.42 Å². The lowest BCUT2D eigenvalue weighted by Crippen LogP contribution is -2.06. The fourth-order valence-electron chi connectivity index (χ4n) is 2.20. The maximum absolute atomic E-state index is 11.5. The van der Waals surface area contributed by atoms with E-state index < -0.39 is 9.84 Å². The van der Waals surface area contributed by atoms with E-state index in [0.29, 0.717) is 12.4 Å². The topological polar surface area (TPSA) is 72.2 Å². The Balaban J connectivity index is 1.72. The Morgan fingerprint density at radius 3 is 2.78 bits per heavy atom. The molecule has 0 aliphatic rings. The van der Waals surface area contributed by atoms with E-state index in [9.17, 15) is 8.42 Å². The molecule has 23 heavy (non-hydrogen) atoms. The number of anilines is 1. The van der Waals surface area contributed by atoms with E-state index in [1.807, 2.05) is 35.7 Å². The molecule has 0 radical (unpaired) electrons. The number of hydrogen-bond donors (Lipinski definition) is 1. The maximum Gasteiger partial charge on any atom is 0.214 e. The van der Waals surface area contributed by atoms with Gasteiger partial charge in [-0.15, -0.1) is 11.3 Å². The van der Waals surface area contributed by atoms with Gasteiger partial charge in [0.2, 0.25) is 5.89 Å². The summed E-state index contributed by atoms with van der Waals surface area (Å²) in [5.74, 6) is 1.30. The average Bonchev–Trinajstić information content (AvgIpc) is 3.16. The lowest BCUT2D eigenvalue weighted by molar-refractivity contribution is 0.517. The predicted octanol–water partition coefficient (Wildman–Crippen LogP) is 3.56. The average molecular weight is 348 g/mol. The summed E-state index contributed by atoms with van der Waals surface area (Å²) >= 11 is 1.59. The van der Waals surface area contributed by atoms with Crippen LogP contribution in [-0.4, -0.2) is 19.7 Å². The summed E-state index contributed by atoms with van der Waals surface area (Å²) in [6.45, 7) is 0.395. The molecule has 0 spiro atoms. The van der Waals surface area contributed by atoms with Crippen LogP contribution in [0.1, 0.15) is 11.5 Å². The minimum atomic E-state index is -3.09. The number of sulfone groups is 1. The number of benzene rings is 1. The Morgan fingerprint density at radius 1 is 1.22 bits per heavy atom. The molecule has 1 aromatic carbocycles. The summed E-state index contributed by atoms with van der Waals surface area (Å²) in [4.78, 5) is 5.28. The zero-order valence-electron chi connectivity index (χ0n) is 12.5. The molecule has 0 bridgehead atoms. The smallest absolute Gasteiger partial charge is 0.214 e. The first-order chi connectivity index (χ1) is 11.0. The van der Waals surface area contributed by atoms with Gasteiger partial charge in [0, 0.05) is 11.9 Å². The molecule has 0 aliphatic carbocycles. The molecule has 3 rings (SSSR count). The van der Waals surface area contributed by atoms with Gasteiger partial charge in [-0.1, -0.05) is 24.3 Å². The number of nitrogens with zero attached hydrogens (tertiary/aromatic N) is 1. The highest BCUT2D eigenvalue weighted by Crippen LogP contribution is 2.25. The van der Waals surface area contributed by atoms with Crippen LogP contribution in [0.2, 0.25) is 0 Å². The van der Waals surface area contributed by atoms with Gasteiger partial charge >= 0.3 is 0 Å². The molecule has 2 aromatic heterocycles. The van der Waals surface area contributed by atoms with E-state index in [1.165, 1.54) is 6.26 Å². The third kappa shape index (κ3) is 4.20. The van der Waals surface area contributed by atoms with Crippen LogP contribution >= 0.6 is 11.3 Å². The largest absolute Gasteiger partial charge is 0.438 e. The molecule has 0 saturated heterocycles. The van der Waals surface area contributed by atoms with Crippen molar-refractivity contribution in [2.24, 2.45) is 0 Å². The number of oxazole rings is 1. The number of aromatic nitrogens is 1. The van der Waals surface area contributed by atoms with Gasteiger partial charge in [-0.3, -0.25) is 0 Å². The van der Waals surface area contributed by atoms with E-state index in [-0.39, 0.29) is 5.75 Å². The van der Waals surface area contributed by atoms with Crippen LogP contribution in [0.5, 0.6) is 0 Å². The Hall–Kier alpha value is -2.12. The third-order valence-electron chi connectivity index (χ3n) is 3.18.